The van der Waals surface area contributed by atoms with Gasteiger partial charge in [0.25, 0.3) is 0 Å². The Bertz CT molecular complexity index is 582. The van der Waals surface area contributed by atoms with Gasteiger partial charge in [-0.15, -0.1) is 0 Å². The predicted octanol–water partition coefficient (Wildman–Crippen LogP) is 3.32. The van der Waals surface area contributed by atoms with Crippen molar-refractivity contribution in [1.82, 2.24) is 0 Å². The van der Waals surface area contributed by atoms with E-state index in [1.807, 2.05) is 0 Å². The van der Waals surface area contributed by atoms with Crippen molar-refractivity contribution in [3.05, 3.63) is 42.2 Å². The SMILES string of the molecule is COc1ccc(OC)c(-c2ccc[c]c2F)c1OC. The first kappa shape index (κ1) is 13.2. The van der Waals surface area contributed by atoms with Gasteiger partial charge >= 0.3 is 0 Å². The lowest BCUT2D eigenvalue weighted by Crippen LogP contribution is -1.97. The largest absolute Gasteiger partial charge is 0.496 e. The van der Waals surface area contributed by atoms with Crippen LogP contribution in [0.1, 0.15) is 0 Å². The van der Waals surface area contributed by atoms with Crippen molar-refractivity contribution in [2.45, 2.75) is 0 Å². The van der Waals surface area contributed by atoms with Crippen LogP contribution >= 0.6 is 0 Å². The van der Waals surface area contributed by atoms with Crippen molar-refractivity contribution in [2.75, 3.05) is 21.3 Å². The molecule has 0 fully saturated rings. The molecule has 0 amide bonds. The van der Waals surface area contributed by atoms with Gasteiger partial charge in [0, 0.05) is 11.6 Å². The molecule has 19 heavy (non-hydrogen) atoms. The highest BCUT2D eigenvalue weighted by Gasteiger charge is 2.19. The molecule has 0 bridgehead atoms. The van der Waals surface area contributed by atoms with Crippen LogP contribution in [0.5, 0.6) is 17.2 Å². The lowest BCUT2D eigenvalue weighted by Gasteiger charge is -2.16. The predicted molar refractivity (Wildman–Crippen MR) is 70.3 cm³/mol. The van der Waals surface area contributed by atoms with Gasteiger partial charge in [-0.1, -0.05) is 18.2 Å². The average molecular weight is 261 g/mol. The van der Waals surface area contributed by atoms with Crippen LogP contribution < -0.4 is 14.2 Å². The van der Waals surface area contributed by atoms with Crippen molar-refractivity contribution in [3.8, 4) is 28.4 Å². The summed E-state index contributed by atoms with van der Waals surface area (Å²) in [6, 6.07) is 10.8. The fraction of sp³-hybridized carbons (Fsp3) is 0.200. The first-order valence-electron chi connectivity index (χ1n) is 5.68. The molecule has 1 radical (unpaired) electrons. The van der Waals surface area contributed by atoms with E-state index in [4.69, 9.17) is 14.2 Å². The molecule has 0 saturated carbocycles. The zero-order chi connectivity index (χ0) is 13.8. The third-order valence-corrected chi connectivity index (χ3v) is 2.80. The maximum atomic E-state index is 13.9. The van der Waals surface area contributed by atoms with Gasteiger partial charge < -0.3 is 14.2 Å². The quantitative estimate of drug-likeness (QED) is 0.845. The highest BCUT2D eigenvalue weighted by molar-refractivity contribution is 5.80. The van der Waals surface area contributed by atoms with E-state index in [1.54, 1.807) is 24.3 Å². The van der Waals surface area contributed by atoms with Crippen LogP contribution in [0.2, 0.25) is 0 Å². The molecule has 0 heterocycles. The molecule has 0 aliphatic heterocycles. The summed E-state index contributed by atoms with van der Waals surface area (Å²) >= 11 is 0. The second-order valence-corrected chi connectivity index (χ2v) is 3.78. The van der Waals surface area contributed by atoms with Crippen LogP contribution in [0, 0.1) is 11.9 Å². The Morgan fingerprint density at radius 3 is 2.21 bits per heavy atom. The summed E-state index contributed by atoms with van der Waals surface area (Å²) in [6.45, 7) is 0. The standard InChI is InChI=1S/C15H14FO3/c1-17-12-8-9-13(18-2)15(19-3)14(12)10-6-4-5-7-11(10)16/h4-6,8-9H,1-3H3. The second kappa shape index (κ2) is 5.61. The zero-order valence-corrected chi connectivity index (χ0v) is 11.0. The fourth-order valence-electron chi connectivity index (χ4n) is 1.94. The summed E-state index contributed by atoms with van der Waals surface area (Å²) in [7, 11) is 4.56. The van der Waals surface area contributed by atoms with E-state index in [0.717, 1.165) is 0 Å². The summed E-state index contributed by atoms with van der Waals surface area (Å²) in [5, 5.41) is 0. The highest BCUT2D eigenvalue weighted by Crippen LogP contribution is 2.44. The number of hydrogen-bond donors (Lipinski definition) is 0. The second-order valence-electron chi connectivity index (χ2n) is 3.78. The Labute approximate surface area is 111 Å². The maximum Gasteiger partial charge on any atom is 0.172 e. The van der Waals surface area contributed by atoms with Crippen LogP contribution in [0.3, 0.4) is 0 Å². The Hall–Kier alpha value is -2.23. The molecule has 0 aromatic heterocycles. The monoisotopic (exact) mass is 261 g/mol. The Kier molecular flexibility index (Phi) is 3.90. The molecule has 0 N–H and O–H groups in total. The molecule has 0 atom stereocenters. The third kappa shape index (κ3) is 2.34. The maximum absolute atomic E-state index is 13.9. The molecular formula is C15H14FO3. The first-order chi connectivity index (χ1) is 9.22. The van der Waals surface area contributed by atoms with Crippen LogP contribution in [-0.2, 0) is 0 Å². The van der Waals surface area contributed by atoms with E-state index < -0.39 is 5.82 Å². The zero-order valence-electron chi connectivity index (χ0n) is 11.0. The van der Waals surface area contributed by atoms with Crippen molar-refractivity contribution in [1.29, 1.82) is 0 Å². The summed E-state index contributed by atoms with van der Waals surface area (Å²) in [5.41, 5.74) is 0.869. The lowest BCUT2D eigenvalue weighted by atomic mass is 10.0. The highest BCUT2D eigenvalue weighted by atomic mass is 19.1. The van der Waals surface area contributed by atoms with E-state index in [9.17, 15) is 4.39 Å². The molecule has 0 aliphatic carbocycles. The van der Waals surface area contributed by atoms with Crippen LogP contribution in [0.15, 0.2) is 30.3 Å². The van der Waals surface area contributed by atoms with Gasteiger partial charge in [0.1, 0.15) is 11.6 Å². The smallest absolute Gasteiger partial charge is 0.172 e. The minimum atomic E-state index is -0.465. The molecule has 3 nitrogen and oxygen atoms in total. The van der Waals surface area contributed by atoms with E-state index in [-0.39, 0.29) is 0 Å². The third-order valence-electron chi connectivity index (χ3n) is 2.80. The van der Waals surface area contributed by atoms with E-state index in [1.165, 1.54) is 27.4 Å². The Morgan fingerprint density at radius 1 is 0.947 bits per heavy atom. The molecular weight excluding hydrogens is 247 g/mol. The number of hydrogen-bond acceptors (Lipinski definition) is 3. The normalized spacial score (nSPS) is 10.1. The van der Waals surface area contributed by atoms with E-state index in [2.05, 4.69) is 6.07 Å². The molecule has 2 aromatic carbocycles. The number of rotatable bonds is 4. The van der Waals surface area contributed by atoms with Gasteiger partial charge in [-0.25, -0.2) is 4.39 Å². The van der Waals surface area contributed by atoms with Crippen LogP contribution in [-0.4, -0.2) is 21.3 Å². The summed E-state index contributed by atoms with van der Waals surface area (Å²) < 4.78 is 29.8. The Morgan fingerprint density at radius 2 is 1.63 bits per heavy atom. The van der Waals surface area contributed by atoms with E-state index in [0.29, 0.717) is 28.4 Å². The van der Waals surface area contributed by atoms with E-state index >= 15 is 0 Å². The molecule has 0 spiro atoms. The van der Waals surface area contributed by atoms with Crippen LogP contribution in [0.4, 0.5) is 4.39 Å². The molecule has 0 unspecified atom stereocenters. The summed E-state index contributed by atoms with van der Waals surface area (Å²) in [5.74, 6) is 0.991. The lowest BCUT2D eigenvalue weighted by molar-refractivity contribution is 0.350. The molecule has 2 aromatic rings. The summed E-state index contributed by atoms with van der Waals surface area (Å²) in [4.78, 5) is 0. The molecule has 0 aliphatic rings. The molecule has 4 heteroatoms. The van der Waals surface area contributed by atoms with Gasteiger partial charge in [-0.2, -0.15) is 0 Å². The minimum Gasteiger partial charge on any atom is -0.496 e. The number of methoxy groups -OCH3 is 3. The first-order valence-corrected chi connectivity index (χ1v) is 5.68. The van der Waals surface area contributed by atoms with Gasteiger partial charge in [0.05, 0.1) is 26.9 Å². The van der Waals surface area contributed by atoms with Gasteiger partial charge in [-0.05, 0) is 12.1 Å². The Balaban J connectivity index is 2.76. The fourth-order valence-corrected chi connectivity index (χ4v) is 1.94. The van der Waals surface area contributed by atoms with Crippen LogP contribution in [0.25, 0.3) is 11.1 Å². The van der Waals surface area contributed by atoms with Crippen molar-refractivity contribution >= 4 is 0 Å². The molecule has 2 rings (SSSR count). The molecule has 99 valence electrons. The van der Waals surface area contributed by atoms with Crippen molar-refractivity contribution in [2.24, 2.45) is 0 Å². The van der Waals surface area contributed by atoms with Crippen molar-refractivity contribution < 1.29 is 18.6 Å². The average Bonchev–Trinajstić information content (AvgIpc) is 2.46. The summed E-state index contributed by atoms with van der Waals surface area (Å²) in [6.07, 6.45) is 0. The minimum absolute atomic E-state index is 0.357. The topological polar surface area (TPSA) is 27.7 Å². The van der Waals surface area contributed by atoms with Gasteiger partial charge in [0.15, 0.2) is 11.5 Å². The number of ether oxygens (including phenoxy) is 3. The number of halogens is 1. The van der Waals surface area contributed by atoms with Gasteiger partial charge in [0.2, 0.25) is 0 Å². The molecule has 0 saturated heterocycles. The number of benzene rings is 2. The van der Waals surface area contributed by atoms with Crippen molar-refractivity contribution in [3.63, 3.8) is 0 Å². The van der Waals surface area contributed by atoms with Gasteiger partial charge in [-0.3, -0.25) is 0 Å².